The molecule has 1 aliphatic rings. The Hall–Kier alpha value is -2.44. The van der Waals surface area contributed by atoms with Gasteiger partial charge in [0.2, 0.25) is 0 Å². The van der Waals surface area contributed by atoms with Crippen LogP contribution in [-0.4, -0.2) is 29.6 Å². The van der Waals surface area contributed by atoms with Crippen LogP contribution in [0.4, 0.5) is 5.69 Å². The number of nitro benzene ring substituents is 1. The highest BCUT2D eigenvalue weighted by Crippen LogP contribution is 2.37. The van der Waals surface area contributed by atoms with Gasteiger partial charge in [-0.15, -0.1) is 0 Å². The minimum Gasteiger partial charge on any atom is -0.466 e. The van der Waals surface area contributed by atoms with Gasteiger partial charge in [0, 0.05) is 12.1 Å². The largest absolute Gasteiger partial charge is 0.466 e. The van der Waals surface area contributed by atoms with E-state index in [0.717, 1.165) is 6.42 Å². The van der Waals surface area contributed by atoms with E-state index in [2.05, 4.69) is 0 Å². The third-order valence-electron chi connectivity index (χ3n) is 4.35. The maximum atomic E-state index is 12.2. The minimum absolute atomic E-state index is 0.0826. The summed E-state index contributed by atoms with van der Waals surface area (Å²) in [4.78, 5) is 34.3. The zero-order chi connectivity index (χ0) is 17.7. The summed E-state index contributed by atoms with van der Waals surface area (Å²) in [5.41, 5.74) is 0.175. The maximum Gasteiger partial charge on any atom is 0.338 e. The van der Waals surface area contributed by atoms with Gasteiger partial charge in [-0.05, 0) is 37.8 Å². The number of nitrogens with zero attached hydrogens (tertiary/aromatic N) is 1. The molecule has 0 amide bonds. The lowest BCUT2D eigenvalue weighted by Crippen LogP contribution is -2.21. The highest BCUT2D eigenvalue weighted by molar-refractivity contribution is 5.89. The van der Waals surface area contributed by atoms with Crippen molar-refractivity contribution in [3.05, 3.63) is 39.9 Å². The smallest absolute Gasteiger partial charge is 0.338 e. The van der Waals surface area contributed by atoms with E-state index in [1.54, 1.807) is 6.92 Å². The molecule has 0 unspecified atom stereocenters. The number of non-ortho nitro benzene ring substituents is 1. The van der Waals surface area contributed by atoms with E-state index in [-0.39, 0.29) is 35.2 Å². The molecule has 0 aromatic heterocycles. The molecule has 130 valence electrons. The number of carbonyl (C=O) groups excluding carboxylic acids is 2. The van der Waals surface area contributed by atoms with Crippen molar-refractivity contribution < 1.29 is 24.0 Å². The molecule has 24 heavy (non-hydrogen) atoms. The van der Waals surface area contributed by atoms with Gasteiger partial charge >= 0.3 is 11.9 Å². The van der Waals surface area contributed by atoms with Crippen LogP contribution in [0.3, 0.4) is 0 Å². The number of esters is 2. The predicted molar refractivity (Wildman–Crippen MR) is 85.4 cm³/mol. The van der Waals surface area contributed by atoms with E-state index >= 15 is 0 Å². The molecule has 0 aliphatic heterocycles. The molecule has 0 spiro atoms. The van der Waals surface area contributed by atoms with Crippen LogP contribution in [-0.2, 0) is 14.3 Å². The minimum atomic E-state index is -0.533. The summed E-state index contributed by atoms with van der Waals surface area (Å²) < 4.78 is 10.6. The van der Waals surface area contributed by atoms with Crippen molar-refractivity contribution in [2.75, 3.05) is 6.61 Å². The number of benzene rings is 1. The Labute approximate surface area is 140 Å². The molecule has 0 N–H and O–H groups in total. The standard InChI is InChI=1S/C17H21NO6/c1-3-11-9-14(10-15(11)17(20)23-4-2)24-16(19)12-5-7-13(8-6-12)18(21)22/h5-8,11,14-15H,3-4,9-10H2,1-2H3/t11-,14-,15-/m1/s1. The summed E-state index contributed by atoms with van der Waals surface area (Å²) in [6, 6.07) is 5.27. The number of ether oxygens (including phenoxy) is 2. The molecular formula is C17H21NO6. The van der Waals surface area contributed by atoms with Gasteiger partial charge < -0.3 is 9.47 Å². The molecule has 1 aliphatic carbocycles. The van der Waals surface area contributed by atoms with E-state index < -0.39 is 10.9 Å². The molecule has 7 nitrogen and oxygen atoms in total. The molecule has 1 aromatic carbocycles. The quantitative estimate of drug-likeness (QED) is 0.450. The van der Waals surface area contributed by atoms with E-state index in [4.69, 9.17) is 9.47 Å². The van der Waals surface area contributed by atoms with Crippen molar-refractivity contribution >= 4 is 17.6 Å². The average molecular weight is 335 g/mol. The van der Waals surface area contributed by atoms with E-state index in [1.807, 2.05) is 6.92 Å². The third-order valence-corrected chi connectivity index (χ3v) is 4.35. The Morgan fingerprint density at radius 2 is 1.88 bits per heavy atom. The lowest BCUT2D eigenvalue weighted by Gasteiger charge is -2.14. The Morgan fingerprint density at radius 3 is 2.42 bits per heavy atom. The van der Waals surface area contributed by atoms with Gasteiger partial charge in [-0.2, -0.15) is 0 Å². The van der Waals surface area contributed by atoms with Gasteiger partial charge in [0.25, 0.3) is 5.69 Å². The second-order valence-electron chi connectivity index (χ2n) is 5.83. The fourth-order valence-corrected chi connectivity index (χ4v) is 3.10. The van der Waals surface area contributed by atoms with Crippen molar-refractivity contribution in [1.29, 1.82) is 0 Å². The molecule has 3 atom stereocenters. The fraction of sp³-hybridized carbons (Fsp3) is 0.529. The summed E-state index contributed by atoms with van der Waals surface area (Å²) in [6.07, 6.45) is 1.55. The molecule has 0 heterocycles. The van der Waals surface area contributed by atoms with Gasteiger partial charge in [0.1, 0.15) is 6.10 Å². The Bertz CT molecular complexity index is 612. The first kappa shape index (κ1) is 17.9. The first-order valence-electron chi connectivity index (χ1n) is 8.08. The highest BCUT2D eigenvalue weighted by atomic mass is 16.6. The molecule has 0 saturated heterocycles. The summed E-state index contributed by atoms with van der Waals surface area (Å²) in [5, 5.41) is 10.6. The van der Waals surface area contributed by atoms with Gasteiger partial charge in [0.05, 0.1) is 23.0 Å². The monoisotopic (exact) mass is 335 g/mol. The zero-order valence-corrected chi connectivity index (χ0v) is 13.8. The lowest BCUT2D eigenvalue weighted by atomic mass is 9.94. The van der Waals surface area contributed by atoms with Gasteiger partial charge in [-0.3, -0.25) is 14.9 Å². The van der Waals surface area contributed by atoms with E-state index in [1.165, 1.54) is 24.3 Å². The summed E-state index contributed by atoms with van der Waals surface area (Å²) in [5.74, 6) is -0.879. The van der Waals surface area contributed by atoms with Gasteiger partial charge in [0.15, 0.2) is 0 Å². The first-order valence-corrected chi connectivity index (χ1v) is 8.08. The molecular weight excluding hydrogens is 314 g/mol. The number of hydrogen-bond acceptors (Lipinski definition) is 6. The van der Waals surface area contributed by atoms with Crippen molar-refractivity contribution in [2.24, 2.45) is 11.8 Å². The second kappa shape index (κ2) is 7.90. The Morgan fingerprint density at radius 1 is 1.21 bits per heavy atom. The average Bonchev–Trinajstić information content (AvgIpc) is 2.98. The fourth-order valence-electron chi connectivity index (χ4n) is 3.10. The molecule has 0 bridgehead atoms. The normalized spacial score (nSPS) is 22.8. The Balaban J connectivity index is 1.99. The van der Waals surface area contributed by atoms with Crippen LogP contribution in [0.5, 0.6) is 0 Å². The molecule has 1 aromatic rings. The molecule has 2 rings (SSSR count). The first-order chi connectivity index (χ1) is 11.5. The van der Waals surface area contributed by atoms with Crippen LogP contribution in [0.2, 0.25) is 0 Å². The Kier molecular flexibility index (Phi) is 5.89. The molecule has 1 fully saturated rings. The maximum absolute atomic E-state index is 12.2. The third kappa shape index (κ3) is 4.10. The van der Waals surface area contributed by atoms with Crippen molar-refractivity contribution in [3.8, 4) is 0 Å². The van der Waals surface area contributed by atoms with Crippen molar-refractivity contribution in [2.45, 2.75) is 39.2 Å². The lowest BCUT2D eigenvalue weighted by molar-refractivity contribution is -0.384. The number of carbonyl (C=O) groups is 2. The summed E-state index contributed by atoms with van der Waals surface area (Å²) >= 11 is 0. The van der Waals surface area contributed by atoms with Crippen LogP contribution in [0.1, 0.15) is 43.5 Å². The topological polar surface area (TPSA) is 95.7 Å². The van der Waals surface area contributed by atoms with Gasteiger partial charge in [-0.1, -0.05) is 13.3 Å². The summed E-state index contributed by atoms with van der Waals surface area (Å²) in [6.45, 7) is 4.09. The molecule has 1 saturated carbocycles. The molecule has 0 radical (unpaired) electrons. The zero-order valence-electron chi connectivity index (χ0n) is 13.8. The second-order valence-corrected chi connectivity index (χ2v) is 5.83. The van der Waals surface area contributed by atoms with Crippen LogP contribution in [0.15, 0.2) is 24.3 Å². The number of nitro groups is 1. The van der Waals surface area contributed by atoms with Crippen LogP contribution in [0, 0.1) is 22.0 Å². The van der Waals surface area contributed by atoms with Crippen LogP contribution < -0.4 is 0 Å². The van der Waals surface area contributed by atoms with E-state index in [9.17, 15) is 19.7 Å². The van der Waals surface area contributed by atoms with E-state index in [0.29, 0.717) is 19.4 Å². The van der Waals surface area contributed by atoms with Crippen LogP contribution >= 0.6 is 0 Å². The van der Waals surface area contributed by atoms with Crippen LogP contribution in [0.25, 0.3) is 0 Å². The highest BCUT2D eigenvalue weighted by Gasteiger charge is 2.40. The summed E-state index contributed by atoms with van der Waals surface area (Å²) in [7, 11) is 0. The molecule has 7 heteroatoms. The van der Waals surface area contributed by atoms with Crippen molar-refractivity contribution in [1.82, 2.24) is 0 Å². The number of hydrogen-bond donors (Lipinski definition) is 0. The predicted octanol–water partition coefficient (Wildman–Crippen LogP) is 3.12. The number of rotatable bonds is 6. The van der Waals surface area contributed by atoms with Crippen molar-refractivity contribution in [3.63, 3.8) is 0 Å². The van der Waals surface area contributed by atoms with Gasteiger partial charge in [-0.25, -0.2) is 4.79 Å². The SMILES string of the molecule is CCOC(=O)[C@@H]1C[C@H](OC(=O)c2ccc([N+](=O)[O-])cc2)C[C@H]1CC.